The fraction of sp³-hybridized carbons (Fsp3) is 0.267. The monoisotopic (exact) mass is 270 g/mol. The normalized spacial score (nSPS) is 19.1. The van der Waals surface area contributed by atoms with E-state index in [1.807, 2.05) is 25.1 Å². The van der Waals surface area contributed by atoms with Crippen molar-refractivity contribution in [1.82, 2.24) is 9.88 Å². The molecule has 1 atom stereocenters. The van der Waals surface area contributed by atoms with Gasteiger partial charge in [-0.1, -0.05) is 17.7 Å². The van der Waals surface area contributed by atoms with Crippen LogP contribution in [-0.2, 0) is 9.59 Å². The largest absolute Gasteiger partial charge is 0.302 e. The number of benzene rings is 1. The topological polar surface area (TPSA) is 68.2 Å². The molecule has 1 aliphatic heterocycles. The Bertz CT molecular complexity index is 776. The number of hydrogen-bond acceptors (Lipinski definition) is 3. The summed E-state index contributed by atoms with van der Waals surface area (Å²) in [5, 5.41) is 3.72. The SMILES string of the molecule is Cc1ccc2c(=O)n([C@@H]3CCC(=O)NC3=O)ccc2c1. The quantitative estimate of drug-likeness (QED) is 0.794. The van der Waals surface area contributed by atoms with Crippen molar-refractivity contribution < 1.29 is 9.59 Å². The van der Waals surface area contributed by atoms with Crippen molar-refractivity contribution in [2.75, 3.05) is 0 Å². The van der Waals surface area contributed by atoms with Crippen molar-refractivity contribution in [2.24, 2.45) is 0 Å². The fourth-order valence-corrected chi connectivity index (χ4v) is 2.58. The minimum absolute atomic E-state index is 0.197. The molecule has 0 saturated carbocycles. The molecule has 1 aromatic carbocycles. The molecule has 1 N–H and O–H groups in total. The minimum Gasteiger partial charge on any atom is -0.302 e. The van der Waals surface area contributed by atoms with Gasteiger partial charge in [0, 0.05) is 18.0 Å². The standard InChI is InChI=1S/C15H14N2O3/c1-9-2-3-11-10(8-9)6-7-17(15(11)20)12-4-5-13(18)16-14(12)19/h2-3,6-8,12H,4-5H2,1H3,(H,16,18,19)/t12-/m1/s1. The van der Waals surface area contributed by atoms with Gasteiger partial charge in [-0.25, -0.2) is 0 Å². The molecule has 0 spiro atoms. The van der Waals surface area contributed by atoms with Gasteiger partial charge in [0.05, 0.1) is 0 Å². The van der Waals surface area contributed by atoms with E-state index in [4.69, 9.17) is 0 Å². The number of fused-ring (bicyclic) bond motifs is 1. The Hall–Kier alpha value is -2.43. The average Bonchev–Trinajstić information content (AvgIpc) is 2.40. The van der Waals surface area contributed by atoms with Crippen LogP contribution in [0.2, 0.25) is 0 Å². The zero-order chi connectivity index (χ0) is 14.3. The Balaban J connectivity index is 2.11. The maximum absolute atomic E-state index is 12.5. The first-order chi connectivity index (χ1) is 9.56. The third kappa shape index (κ3) is 2.01. The molecule has 0 bridgehead atoms. The smallest absolute Gasteiger partial charge is 0.259 e. The van der Waals surface area contributed by atoms with Crippen LogP contribution in [-0.4, -0.2) is 16.4 Å². The molecule has 20 heavy (non-hydrogen) atoms. The van der Waals surface area contributed by atoms with Crippen molar-refractivity contribution in [3.63, 3.8) is 0 Å². The third-order valence-corrected chi connectivity index (χ3v) is 3.63. The second kappa shape index (κ2) is 4.59. The number of nitrogens with one attached hydrogen (secondary N) is 1. The van der Waals surface area contributed by atoms with Gasteiger partial charge in [0.25, 0.3) is 5.56 Å². The van der Waals surface area contributed by atoms with E-state index in [0.717, 1.165) is 10.9 Å². The molecule has 1 fully saturated rings. The van der Waals surface area contributed by atoms with E-state index in [2.05, 4.69) is 5.32 Å². The highest BCUT2D eigenvalue weighted by Gasteiger charge is 2.28. The number of amides is 2. The first-order valence-corrected chi connectivity index (χ1v) is 6.51. The summed E-state index contributed by atoms with van der Waals surface area (Å²) in [6, 6.07) is 6.80. The Morgan fingerprint density at radius 1 is 1.20 bits per heavy atom. The van der Waals surface area contributed by atoms with E-state index in [1.165, 1.54) is 4.57 Å². The number of aromatic nitrogens is 1. The van der Waals surface area contributed by atoms with Crippen LogP contribution in [0.25, 0.3) is 10.8 Å². The highest BCUT2D eigenvalue weighted by atomic mass is 16.2. The van der Waals surface area contributed by atoms with Gasteiger partial charge in [-0.3, -0.25) is 19.7 Å². The lowest BCUT2D eigenvalue weighted by Crippen LogP contribution is -2.44. The Morgan fingerprint density at radius 3 is 2.75 bits per heavy atom. The fourth-order valence-electron chi connectivity index (χ4n) is 2.58. The Labute approximate surface area is 115 Å². The van der Waals surface area contributed by atoms with Crippen LogP contribution in [0.3, 0.4) is 0 Å². The summed E-state index contributed by atoms with van der Waals surface area (Å²) in [7, 11) is 0. The highest BCUT2D eigenvalue weighted by Crippen LogP contribution is 2.19. The number of piperidine rings is 1. The minimum atomic E-state index is -0.606. The first kappa shape index (κ1) is 12.6. The zero-order valence-electron chi connectivity index (χ0n) is 11.1. The number of nitrogens with zero attached hydrogens (tertiary/aromatic N) is 1. The Morgan fingerprint density at radius 2 is 2.00 bits per heavy atom. The lowest BCUT2D eigenvalue weighted by atomic mass is 10.0. The van der Waals surface area contributed by atoms with Crippen LogP contribution in [0.1, 0.15) is 24.4 Å². The summed E-state index contributed by atoms with van der Waals surface area (Å²) >= 11 is 0. The lowest BCUT2D eigenvalue weighted by Gasteiger charge is -2.23. The van der Waals surface area contributed by atoms with Crippen LogP contribution < -0.4 is 10.9 Å². The van der Waals surface area contributed by atoms with Crippen LogP contribution >= 0.6 is 0 Å². The molecule has 5 heteroatoms. The van der Waals surface area contributed by atoms with Gasteiger partial charge in [-0.05, 0) is 30.9 Å². The van der Waals surface area contributed by atoms with Gasteiger partial charge >= 0.3 is 0 Å². The van der Waals surface area contributed by atoms with Gasteiger partial charge in [0.15, 0.2) is 0 Å². The van der Waals surface area contributed by atoms with Gasteiger partial charge in [-0.15, -0.1) is 0 Å². The molecular weight excluding hydrogens is 256 g/mol. The van der Waals surface area contributed by atoms with Crippen molar-refractivity contribution in [1.29, 1.82) is 0 Å². The van der Waals surface area contributed by atoms with Crippen LogP contribution in [0.15, 0.2) is 35.3 Å². The number of carbonyl (C=O) groups excluding carboxylic acids is 2. The molecule has 3 rings (SSSR count). The van der Waals surface area contributed by atoms with Crippen molar-refractivity contribution in [2.45, 2.75) is 25.8 Å². The molecule has 2 amide bonds. The molecule has 1 aliphatic rings. The van der Waals surface area contributed by atoms with E-state index in [0.29, 0.717) is 11.8 Å². The van der Waals surface area contributed by atoms with E-state index in [-0.39, 0.29) is 17.9 Å². The maximum atomic E-state index is 12.5. The van der Waals surface area contributed by atoms with E-state index >= 15 is 0 Å². The molecule has 1 aromatic heterocycles. The molecule has 1 saturated heterocycles. The van der Waals surface area contributed by atoms with Crippen LogP contribution in [0.5, 0.6) is 0 Å². The number of imide groups is 1. The van der Waals surface area contributed by atoms with Gasteiger partial charge in [-0.2, -0.15) is 0 Å². The summed E-state index contributed by atoms with van der Waals surface area (Å²) in [4.78, 5) is 35.5. The number of pyridine rings is 1. The second-order valence-electron chi connectivity index (χ2n) is 5.09. The summed E-state index contributed by atoms with van der Waals surface area (Å²) in [5.74, 6) is -0.689. The van der Waals surface area contributed by atoms with Gasteiger partial charge in [0.2, 0.25) is 11.8 Å². The number of aryl methyl sites for hydroxylation is 1. The summed E-state index contributed by atoms with van der Waals surface area (Å²) < 4.78 is 1.42. The van der Waals surface area contributed by atoms with E-state index in [9.17, 15) is 14.4 Å². The Kier molecular flexibility index (Phi) is 2.89. The highest BCUT2D eigenvalue weighted by molar-refractivity contribution is 5.99. The third-order valence-electron chi connectivity index (χ3n) is 3.63. The number of rotatable bonds is 1. The number of hydrogen-bond donors (Lipinski definition) is 1. The summed E-state index contributed by atoms with van der Waals surface area (Å²) in [6.07, 6.45) is 2.25. The van der Waals surface area contributed by atoms with Gasteiger partial charge in [0.1, 0.15) is 6.04 Å². The lowest BCUT2D eigenvalue weighted by molar-refractivity contribution is -0.135. The van der Waals surface area contributed by atoms with Crippen LogP contribution in [0, 0.1) is 6.92 Å². The maximum Gasteiger partial charge on any atom is 0.259 e. The van der Waals surface area contributed by atoms with E-state index in [1.54, 1.807) is 12.3 Å². The first-order valence-electron chi connectivity index (χ1n) is 6.51. The summed E-state index contributed by atoms with van der Waals surface area (Å²) in [5.41, 5.74) is 0.882. The molecule has 0 radical (unpaired) electrons. The predicted molar refractivity (Wildman–Crippen MR) is 74.4 cm³/mol. The van der Waals surface area contributed by atoms with Crippen LogP contribution in [0.4, 0.5) is 0 Å². The molecule has 0 aliphatic carbocycles. The molecule has 0 unspecified atom stereocenters. The molecule has 2 heterocycles. The molecular formula is C15H14N2O3. The van der Waals surface area contributed by atoms with Crippen molar-refractivity contribution in [3.8, 4) is 0 Å². The van der Waals surface area contributed by atoms with E-state index < -0.39 is 11.9 Å². The zero-order valence-corrected chi connectivity index (χ0v) is 11.1. The molecule has 5 nitrogen and oxygen atoms in total. The van der Waals surface area contributed by atoms with Gasteiger partial charge < -0.3 is 4.57 Å². The average molecular weight is 270 g/mol. The van der Waals surface area contributed by atoms with Crippen molar-refractivity contribution in [3.05, 3.63) is 46.4 Å². The second-order valence-corrected chi connectivity index (χ2v) is 5.09. The predicted octanol–water partition coefficient (Wildman–Crippen LogP) is 1.29. The summed E-state index contributed by atoms with van der Waals surface area (Å²) in [6.45, 7) is 1.96. The van der Waals surface area contributed by atoms with Crippen molar-refractivity contribution >= 4 is 22.6 Å². The number of carbonyl (C=O) groups is 2. The molecule has 102 valence electrons. The molecule has 2 aromatic rings.